The molecule has 20 heavy (non-hydrogen) atoms. The first-order valence-corrected chi connectivity index (χ1v) is 6.52. The van der Waals surface area contributed by atoms with Crippen LogP contribution in [0.2, 0.25) is 0 Å². The number of nitro groups is 1. The smallest absolute Gasteiger partial charge is 0.269 e. The molecule has 1 aromatic rings. The average Bonchev–Trinajstić information content (AvgIpc) is 3.10. The molecule has 2 amide bonds. The molecule has 1 aliphatic carbocycles. The molecule has 2 atom stereocenters. The fourth-order valence-corrected chi connectivity index (χ4v) is 3.09. The number of piperidine rings is 1. The second-order valence-corrected chi connectivity index (χ2v) is 5.64. The number of fused-ring (bicyclic) bond motifs is 1. The van der Waals surface area contributed by atoms with Crippen LogP contribution in [-0.4, -0.2) is 27.7 Å². The number of likely N-dealkylation sites (tertiary alicyclic amines) is 1. The quantitative estimate of drug-likeness (QED) is 0.476. The molecule has 2 unspecified atom stereocenters. The van der Waals surface area contributed by atoms with Crippen molar-refractivity contribution >= 4 is 17.5 Å². The van der Waals surface area contributed by atoms with Gasteiger partial charge in [0.05, 0.1) is 16.3 Å². The van der Waals surface area contributed by atoms with Gasteiger partial charge in [-0.1, -0.05) is 12.1 Å². The molecule has 1 saturated carbocycles. The highest BCUT2D eigenvalue weighted by atomic mass is 16.6. The lowest BCUT2D eigenvalue weighted by atomic mass is 9.94. The molecular weight excluding hydrogens is 260 g/mol. The molecule has 0 radical (unpaired) electrons. The van der Waals surface area contributed by atoms with E-state index in [9.17, 15) is 19.7 Å². The topological polar surface area (TPSA) is 80.5 Å². The number of nitro benzene ring substituents is 1. The normalized spacial score (nSPS) is 27.9. The first-order chi connectivity index (χ1) is 9.39. The van der Waals surface area contributed by atoms with Crippen molar-refractivity contribution in [2.24, 2.45) is 5.92 Å². The Balaban J connectivity index is 1.97. The van der Waals surface area contributed by atoms with Crippen LogP contribution < -0.4 is 0 Å². The third-order valence-electron chi connectivity index (χ3n) is 4.21. The Bertz CT molecular complexity index is 623. The van der Waals surface area contributed by atoms with Gasteiger partial charge in [-0.15, -0.1) is 0 Å². The summed E-state index contributed by atoms with van der Waals surface area (Å²) < 4.78 is 0. The van der Waals surface area contributed by atoms with Crippen molar-refractivity contribution in [2.75, 3.05) is 0 Å². The summed E-state index contributed by atoms with van der Waals surface area (Å²) >= 11 is 0. The third-order valence-corrected chi connectivity index (χ3v) is 4.21. The number of imide groups is 1. The van der Waals surface area contributed by atoms with Gasteiger partial charge in [-0.05, 0) is 25.8 Å². The monoisotopic (exact) mass is 274 g/mol. The lowest BCUT2D eigenvalue weighted by molar-refractivity contribution is -0.384. The molecule has 0 N–H and O–H groups in total. The summed E-state index contributed by atoms with van der Waals surface area (Å²) in [6, 6.07) is 5.79. The minimum Gasteiger partial charge on any atom is -0.279 e. The summed E-state index contributed by atoms with van der Waals surface area (Å²) in [7, 11) is 0. The van der Waals surface area contributed by atoms with Crippen LogP contribution in [0.5, 0.6) is 0 Å². The van der Waals surface area contributed by atoms with E-state index in [0.717, 1.165) is 0 Å². The van der Waals surface area contributed by atoms with Crippen LogP contribution in [0.15, 0.2) is 24.3 Å². The van der Waals surface area contributed by atoms with Gasteiger partial charge in [-0.3, -0.25) is 24.6 Å². The second-order valence-electron chi connectivity index (χ2n) is 5.64. The Morgan fingerprint density at radius 3 is 2.35 bits per heavy atom. The number of carbonyl (C=O) groups is 2. The number of non-ortho nitro benzene ring substituents is 1. The van der Waals surface area contributed by atoms with Gasteiger partial charge in [-0.25, -0.2) is 0 Å². The highest BCUT2D eigenvalue weighted by Crippen LogP contribution is 2.60. The highest BCUT2D eigenvalue weighted by molar-refractivity contribution is 6.15. The maximum Gasteiger partial charge on any atom is 0.269 e. The Morgan fingerprint density at radius 1 is 1.30 bits per heavy atom. The molecule has 2 aliphatic rings. The predicted molar refractivity (Wildman–Crippen MR) is 69.9 cm³/mol. The van der Waals surface area contributed by atoms with E-state index in [0.29, 0.717) is 12.0 Å². The molecule has 0 spiro atoms. The molecule has 0 aromatic heterocycles. The maximum absolute atomic E-state index is 12.5. The molecule has 1 heterocycles. The van der Waals surface area contributed by atoms with Gasteiger partial charge in [0, 0.05) is 18.2 Å². The van der Waals surface area contributed by atoms with Crippen LogP contribution in [0.4, 0.5) is 5.69 Å². The molecule has 1 aromatic carbocycles. The van der Waals surface area contributed by atoms with Crippen molar-refractivity contribution in [3.05, 3.63) is 39.9 Å². The molecule has 2 fully saturated rings. The second kappa shape index (κ2) is 3.88. The van der Waals surface area contributed by atoms with Crippen LogP contribution in [-0.2, 0) is 15.0 Å². The van der Waals surface area contributed by atoms with E-state index in [2.05, 4.69) is 0 Å². The number of rotatable bonds is 3. The number of nitrogens with zero attached hydrogens (tertiary/aromatic N) is 2. The fraction of sp³-hybridized carbons (Fsp3) is 0.429. The first-order valence-electron chi connectivity index (χ1n) is 6.52. The lowest BCUT2D eigenvalue weighted by Crippen LogP contribution is -2.41. The van der Waals surface area contributed by atoms with Crippen molar-refractivity contribution in [3.63, 3.8) is 0 Å². The molecule has 6 nitrogen and oxygen atoms in total. The van der Waals surface area contributed by atoms with Gasteiger partial charge < -0.3 is 0 Å². The summed E-state index contributed by atoms with van der Waals surface area (Å²) in [4.78, 5) is 36.2. The van der Waals surface area contributed by atoms with Gasteiger partial charge in [-0.2, -0.15) is 0 Å². The molecule has 1 saturated heterocycles. The molecular formula is C14H14N2O4. The maximum atomic E-state index is 12.5. The van der Waals surface area contributed by atoms with Gasteiger partial charge >= 0.3 is 0 Å². The molecule has 104 valence electrons. The summed E-state index contributed by atoms with van der Waals surface area (Å²) in [5.41, 5.74) is -0.0781. The minimum atomic E-state index is -0.767. The third kappa shape index (κ3) is 1.44. The van der Waals surface area contributed by atoms with E-state index in [-0.39, 0.29) is 29.5 Å². The molecule has 0 bridgehead atoms. The standard InChI is InChI=1S/C14H14N2O4/c1-8(2)15-12(17)11-7-14(11,13(15)18)9-3-5-10(6-4-9)16(19)20/h3-6,8,11H,7H2,1-2H3. The van der Waals surface area contributed by atoms with E-state index < -0.39 is 10.3 Å². The molecule has 3 rings (SSSR count). The molecule has 1 aliphatic heterocycles. The minimum absolute atomic E-state index is 0.0140. The Hall–Kier alpha value is -2.24. The Labute approximate surface area is 115 Å². The van der Waals surface area contributed by atoms with Crippen molar-refractivity contribution in [2.45, 2.75) is 31.7 Å². The Morgan fingerprint density at radius 2 is 1.90 bits per heavy atom. The fourth-order valence-electron chi connectivity index (χ4n) is 3.09. The van der Waals surface area contributed by atoms with E-state index in [4.69, 9.17) is 0 Å². The zero-order valence-corrected chi connectivity index (χ0v) is 11.2. The van der Waals surface area contributed by atoms with Gasteiger partial charge in [0.2, 0.25) is 11.8 Å². The van der Waals surface area contributed by atoms with Crippen molar-refractivity contribution in [3.8, 4) is 0 Å². The van der Waals surface area contributed by atoms with Crippen LogP contribution >= 0.6 is 0 Å². The lowest BCUT2D eigenvalue weighted by Gasteiger charge is -2.23. The number of amides is 2. The summed E-state index contributed by atoms with van der Waals surface area (Å²) in [6.07, 6.45) is 0.520. The first kappa shape index (κ1) is 12.8. The van der Waals surface area contributed by atoms with Crippen LogP contribution in [0, 0.1) is 16.0 Å². The number of carbonyl (C=O) groups excluding carboxylic acids is 2. The van der Waals surface area contributed by atoms with E-state index in [1.165, 1.54) is 17.0 Å². The van der Waals surface area contributed by atoms with Gasteiger partial charge in [0.25, 0.3) is 5.69 Å². The van der Waals surface area contributed by atoms with Crippen molar-refractivity contribution in [1.29, 1.82) is 0 Å². The van der Waals surface area contributed by atoms with E-state index in [1.54, 1.807) is 12.1 Å². The molecule has 6 heteroatoms. The summed E-state index contributed by atoms with van der Waals surface area (Å²) in [5, 5.41) is 10.7. The van der Waals surface area contributed by atoms with Crippen LogP contribution in [0.25, 0.3) is 0 Å². The van der Waals surface area contributed by atoms with Crippen molar-refractivity contribution in [1.82, 2.24) is 4.90 Å². The summed E-state index contributed by atoms with van der Waals surface area (Å²) in [5.74, 6) is -0.585. The number of benzene rings is 1. The largest absolute Gasteiger partial charge is 0.279 e. The highest BCUT2D eigenvalue weighted by Gasteiger charge is 2.72. The SMILES string of the molecule is CC(C)N1C(=O)C2CC2(c2ccc([N+](=O)[O-])cc2)C1=O. The van der Waals surface area contributed by atoms with Crippen molar-refractivity contribution < 1.29 is 14.5 Å². The average molecular weight is 274 g/mol. The predicted octanol–water partition coefficient (Wildman–Crippen LogP) is 1.63. The van der Waals surface area contributed by atoms with E-state index in [1.807, 2.05) is 13.8 Å². The van der Waals surface area contributed by atoms with Gasteiger partial charge in [0.1, 0.15) is 0 Å². The zero-order chi connectivity index (χ0) is 14.7. The zero-order valence-electron chi connectivity index (χ0n) is 11.2. The van der Waals surface area contributed by atoms with Crippen LogP contribution in [0.1, 0.15) is 25.8 Å². The number of hydrogen-bond acceptors (Lipinski definition) is 4. The number of hydrogen-bond donors (Lipinski definition) is 0. The van der Waals surface area contributed by atoms with Gasteiger partial charge in [0.15, 0.2) is 0 Å². The summed E-state index contributed by atoms with van der Waals surface area (Å²) in [6.45, 7) is 3.62. The van der Waals surface area contributed by atoms with Crippen LogP contribution in [0.3, 0.4) is 0 Å². The van der Waals surface area contributed by atoms with E-state index >= 15 is 0 Å². The Kier molecular flexibility index (Phi) is 2.48.